The third-order valence-corrected chi connectivity index (χ3v) is 5.22. The highest BCUT2D eigenvalue weighted by Gasteiger charge is 2.64. The number of aromatic nitrogens is 1. The molecular weight excluding hydrogens is 288 g/mol. The molecule has 3 rings (SSSR count). The van der Waals surface area contributed by atoms with Crippen LogP contribution in [-0.4, -0.2) is 44.4 Å². The molecule has 2 aliphatic rings. The Bertz CT molecular complexity index is 546. The molecule has 1 aromatic rings. The van der Waals surface area contributed by atoms with Crippen molar-refractivity contribution in [3.05, 3.63) is 30.1 Å². The molecule has 3 heterocycles. The fourth-order valence-electron chi connectivity index (χ4n) is 3.02. The number of esters is 1. The highest BCUT2D eigenvalue weighted by molar-refractivity contribution is 7.99. The molecule has 0 aliphatic carbocycles. The van der Waals surface area contributed by atoms with Gasteiger partial charge in [0.05, 0.1) is 0 Å². The highest BCUT2D eigenvalue weighted by Crippen LogP contribution is 2.49. The zero-order valence-corrected chi connectivity index (χ0v) is 13.3. The lowest BCUT2D eigenvalue weighted by molar-refractivity contribution is -0.150. The van der Waals surface area contributed by atoms with E-state index in [0.29, 0.717) is 17.2 Å². The summed E-state index contributed by atoms with van der Waals surface area (Å²) < 4.78 is 5.63. The molecule has 2 saturated heterocycles. The Morgan fingerprint density at radius 1 is 1.57 bits per heavy atom. The quantitative estimate of drug-likeness (QED) is 0.841. The Kier molecular flexibility index (Phi) is 3.50. The second-order valence-corrected chi connectivity index (χ2v) is 7.64. The van der Waals surface area contributed by atoms with Gasteiger partial charge in [0.2, 0.25) is 0 Å². The van der Waals surface area contributed by atoms with Gasteiger partial charge in [-0.15, -0.1) is 11.8 Å². The third-order valence-electron chi connectivity index (χ3n) is 4.11. The number of ether oxygens (including phenoxy) is 1. The first-order valence-electron chi connectivity index (χ1n) is 7.01. The predicted octanol–water partition coefficient (Wildman–Crippen LogP) is 1.79. The minimum Gasteiger partial charge on any atom is -0.444 e. The van der Waals surface area contributed by atoms with E-state index in [2.05, 4.69) is 4.98 Å². The van der Waals surface area contributed by atoms with Crippen molar-refractivity contribution in [2.45, 2.75) is 38.6 Å². The van der Waals surface area contributed by atoms with Crippen molar-refractivity contribution in [1.29, 1.82) is 0 Å². The first kappa shape index (κ1) is 14.8. The highest BCUT2D eigenvalue weighted by atomic mass is 32.2. The average Bonchev–Trinajstić information content (AvgIpc) is 2.98. The van der Waals surface area contributed by atoms with Crippen LogP contribution in [0.15, 0.2) is 24.5 Å². The van der Waals surface area contributed by atoms with Gasteiger partial charge in [0.15, 0.2) is 11.8 Å². The molecule has 0 spiro atoms. The summed E-state index contributed by atoms with van der Waals surface area (Å²) in [5, 5.41) is 10.8. The van der Waals surface area contributed by atoms with Gasteiger partial charge in [-0.3, -0.25) is 4.98 Å². The van der Waals surface area contributed by atoms with Crippen molar-refractivity contribution in [3.63, 3.8) is 0 Å². The minimum atomic E-state index is -0.994. The molecule has 0 amide bonds. The van der Waals surface area contributed by atoms with E-state index in [1.807, 2.05) is 25.7 Å². The van der Waals surface area contributed by atoms with Crippen LogP contribution in [0.1, 0.15) is 32.4 Å². The predicted molar refractivity (Wildman–Crippen MR) is 80.4 cm³/mol. The molecule has 0 saturated carbocycles. The summed E-state index contributed by atoms with van der Waals surface area (Å²) in [5.41, 5.74) is -0.542. The zero-order chi connectivity index (χ0) is 15.3. The number of hydrogen-bond acceptors (Lipinski definition) is 6. The molecule has 2 fully saturated rings. The normalized spacial score (nSPS) is 31.0. The lowest BCUT2D eigenvalue weighted by Gasteiger charge is -2.36. The maximum atomic E-state index is 12.6. The van der Waals surface area contributed by atoms with Crippen molar-refractivity contribution in [1.82, 2.24) is 9.88 Å². The Morgan fingerprint density at radius 2 is 2.33 bits per heavy atom. The van der Waals surface area contributed by atoms with Gasteiger partial charge in [0.1, 0.15) is 6.10 Å². The van der Waals surface area contributed by atoms with Crippen LogP contribution in [0.25, 0.3) is 0 Å². The molecule has 0 bridgehead atoms. The fraction of sp³-hybridized carbons (Fsp3) is 0.600. The van der Waals surface area contributed by atoms with Gasteiger partial charge in [-0.1, -0.05) is 26.8 Å². The third kappa shape index (κ3) is 2.17. The fourth-order valence-corrected chi connectivity index (χ4v) is 4.43. The first-order chi connectivity index (χ1) is 9.87. The van der Waals surface area contributed by atoms with Gasteiger partial charge in [-0.2, -0.15) is 0 Å². The van der Waals surface area contributed by atoms with E-state index in [1.54, 1.807) is 36.3 Å². The molecule has 1 N–H and O–H groups in total. The Hall–Kier alpha value is -1.11. The zero-order valence-electron chi connectivity index (χ0n) is 12.4. The number of fused-ring (bicyclic) bond motifs is 1. The number of carbonyl (C=O) groups is 1. The summed E-state index contributed by atoms with van der Waals surface area (Å²) >= 11 is 1.66. The Morgan fingerprint density at radius 3 is 2.95 bits per heavy atom. The molecular formula is C15H20N2O3S. The number of rotatable bonds is 2. The van der Waals surface area contributed by atoms with Crippen LogP contribution in [-0.2, 0) is 9.53 Å². The van der Waals surface area contributed by atoms with E-state index in [4.69, 9.17) is 4.74 Å². The van der Waals surface area contributed by atoms with Crippen molar-refractivity contribution < 1.29 is 14.6 Å². The number of carbonyl (C=O) groups excluding carboxylic acids is 1. The maximum absolute atomic E-state index is 12.6. The second-order valence-electron chi connectivity index (χ2n) is 6.68. The number of aliphatic hydroxyl groups is 1. The molecule has 3 unspecified atom stereocenters. The lowest BCUT2D eigenvalue weighted by Crippen LogP contribution is -2.54. The molecule has 5 nitrogen and oxygen atoms in total. The Labute approximate surface area is 128 Å². The van der Waals surface area contributed by atoms with Crippen molar-refractivity contribution in [2.75, 3.05) is 11.6 Å². The summed E-state index contributed by atoms with van der Waals surface area (Å²) in [6.45, 7) is 6.13. The Balaban J connectivity index is 2.01. The number of cyclic esters (lactones) is 1. The van der Waals surface area contributed by atoms with Gasteiger partial charge in [-0.25, -0.2) is 9.69 Å². The molecule has 6 heteroatoms. The van der Waals surface area contributed by atoms with Crippen molar-refractivity contribution in [2.24, 2.45) is 5.41 Å². The smallest absolute Gasteiger partial charge is 0.332 e. The van der Waals surface area contributed by atoms with E-state index < -0.39 is 11.6 Å². The second kappa shape index (κ2) is 4.97. The summed E-state index contributed by atoms with van der Waals surface area (Å²) in [4.78, 5) is 18.6. The van der Waals surface area contributed by atoms with Crippen LogP contribution >= 0.6 is 11.8 Å². The van der Waals surface area contributed by atoms with Crippen LogP contribution in [0.4, 0.5) is 0 Å². The average molecular weight is 308 g/mol. The standard InChI is InChI=1S/C15H20N2O3S/c1-14(2,3)12-17-9-21-8-15(17,13(19)20-12)11(18)10-5-4-6-16-7-10/h4-7,11-12,18H,8-9H2,1-3H3. The monoisotopic (exact) mass is 308 g/mol. The molecule has 21 heavy (non-hydrogen) atoms. The van der Waals surface area contributed by atoms with E-state index in [0.717, 1.165) is 0 Å². The summed E-state index contributed by atoms with van der Waals surface area (Å²) in [6, 6.07) is 3.56. The van der Waals surface area contributed by atoms with Crippen LogP contribution in [0.3, 0.4) is 0 Å². The van der Waals surface area contributed by atoms with Gasteiger partial charge in [0, 0.05) is 35.0 Å². The number of nitrogens with zero attached hydrogens (tertiary/aromatic N) is 2. The number of thioether (sulfide) groups is 1. The lowest BCUT2D eigenvalue weighted by atomic mass is 9.87. The minimum absolute atomic E-state index is 0.197. The van der Waals surface area contributed by atoms with Crippen molar-refractivity contribution >= 4 is 17.7 Å². The molecule has 114 valence electrons. The van der Waals surface area contributed by atoms with E-state index in [9.17, 15) is 9.90 Å². The van der Waals surface area contributed by atoms with Crippen LogP contribution in [0.5, 0.6) is 0 Å². The van der Waals surface area contributed by atoms with Gasteiger partial charge in [-0.05, 0) is 6.07 Å². The topological polar surface area (TPSA) is 62.7 Å². The summed E-state index contributed by atoms with van der Waals surface area (Å²) in [5.74, 6) is 0.892. The SMILES string of the molecule is CC(C)(C)C1OC(=O)C2(C(O)c3cccnc3)CSCN12. The van der Waals surface area contributed by atoms with Crippen molar-refractivity contribution in [3.8, 4) is 0 Å². The van der Waals surface area contributed by atoms with E-state index in [1.165, 1.54) is 0 Å². The molecule has 0 radical (unpaired) electrons. The largest absolute Gasteiger partial charge is 0.444 e. The number of aliphatic hydroxyl groups excluding tert-OH is 1. The number of hydrogen-bond donors (Lipinski definition) is 1. The van der Waals surface area contributed by atoms with E-state index >= 15 is 0 Å². The molecule has 2 aliphatic heterocycles. The van der Waals surface area contributed by atoms with Gasteiger partial charge < -0.3 is 9.84 Å². The molecule has 0 aromatic carbocycles. The molecule has 3 atom stereocenters. The van der Waals surface area contributed by atoms with Crippen LogP contribution in [0, 0.1) is 5.41 Å². The van der Waals surface area contributed by atoms with Crippen LogP contribution < -0.4 is 0 Å². The maximum Gasteiger partial charge on any atom is 0.332 e. The summed E-state index contributed by atoms with van der Waals surface area (Å²) in [7, 11) is 0. The first-order valence-corrected chi connectivity index (χ1v) is 8.16. The van der Waals surface area contributed by atoms with Gasteiger partial charge >= 0.3 is 5.97 Å². The van der Waals surface area contributed by atoms with E-state index in [-0.39, 0.29) is 17.6 Å². The molecule has 1 aromatic heterocycles. The van der Waals surface area contributed by atoms with Crippen LogP contribution in [0.2, 0.25) is 0 Å². The van der Waals surface area contributed by atoms with Gasteiger partial charge in [0.25, 0.3) is 0 Å². The number of pyridine rings is 1. The summed E-state index contributed by atoms with van der Waals surface area (Å²) in [6.07, 6.45) is 2.02.